The fourth-order valence-electron chi connectivity index (χ4n) is 3.32. The standard InChI is InChI=1S/C16H21ClO3/c1-8-4-12(13(5-8)16(19)20)15(18)11-6-10(3)14(17)7-9(11)2/h6-8,12-13,15,18H,4-5H2,1-3H3,(H,19,20). The molecule has 1 aliphatic rings. The van der Waals surface area contributed by atoms with Gasteiger partial charge in [0.05, 0.1) is 12.0 Å². The van der Waals surface area contributed by atoms with Gasteiger partial charge in [0.2, 0.25) is 0 Å². The summed E-state index contributed by atoms with van der Waals surface area (Å²) in [4.78, 5) is 11.4. The van der Waals surface area contributed by atoms with E-state index in [9.17, 15) is 15.0 Å². The molecule has 4 unspecified atom stereocenters. The maximum atomic E-state index is 11.4. The molecule has 1 aromatic rings. The second kappa shape index (κ2) is 5.74. The molecule has 4 heteroatoms. The number of benzene rings is 1. The molecule has 4 atom stereocenters. The first-order valence-corrected chi connectivity index (χ1v) is 7.36. The molecule has 20 heavy (non-hydrogen) atoms. The van der Waals surface area contributed by atoms with Crippen LogP contribution in [0.25, 0.3) is 0 Å². The van der Waals surface area contributed by atoms with Gasteiger partial charge in [-0.25, -0.2) is 0 Å². The molecule has 0 radical (unpaired) electrons. The molecule has 3 nitrogen and oxygen atoms in total. The minimum absolute atomic E-state index is 0.221. The smallest absolute Gasteiger partial charge is 0.306 e. The maximum absolute atomic E-state index is 11.4. The lowest BCUT2D eigenvalue weighted by Crippen LogP contribution is -2.24. The number of hydrogen-bond acceptors (Lipinski definition) is 2. The van der Waals surface area contributed by atoms with Crippen molar-refractivity contribution in [1.29, 1.82) is 0 Å². The van der Waals surface area contributed by atoms with Crippen LogP contribution in [0.15, 0.2) is 12.1 Å². The Morgan fingerprint density at radius 3 is 2.55 bits per heavy atom. The van der Waals surface area contributed by atoms with Crippen molar-refractivity contribution in [2.75, 3.05) is 0 Å². The molecule has 0 aromatic heterocycles. The highest BCUT2D eigenvalue weighted by Gasteiger charge is 2.41. The van der Waals surface area contributed by atoms with Crippen LogP contribution in [-0.2, 0) is 4.79 Å². The SMILES string of the molecule is Cc1cc(C(O)C2CC(C)CC2C(=O)O)c(C)cc1Cl. The van der Waals surface area contributed by atoms with Crippen molar-refractivity contribution in [3.63, 3.8) is 0 Å². The first-order valence-electron chi connectivity index (χ1n) is 6.98. The predicted molar refractivity (Wildman–Crippen MR) is 78.9 cm³/mol. The Kier molecular flexibility index (Phi) is 4.40. The summed E-state index contributed by atoms with van der Waals surface area (Å²) in [6.45, 7) is 5.84. The molecular weight excluding hydrogens is 276 g/mol. The van der Waals surface area contributed by atoms with E-state index in [1.54, 1.807) is 0 Å². The molecule has 1 saturated carbocycles. The first-order chi connectivity index (χ1) is 9.31. The number of halogens is 1. The van der Waals surface area contributed by atoms with Gasteiger partial charge in [0.15, 0.2) is 0 Å². The van der Waals surface area contributed by atoms with Gasteiger partial charge in [-0.1, -0.05) is 24.6 Å². The van der Waals surface area contributed by atoms with Crippen LogP contribution < -0.4 is 0 Å². The third-order valence-corrected chi connectivity index (χ3v) is 4.84. The number of carboxylic acid groups (broad SMARTS) is 1. The molecular formula is C16H21ClO3. The minimum Gasteiger partial charge on any atom is -0.481 e. The largest absolute Gasteiger partial charge is 0.481 e. The van der Waals surface area contributed by atoms with E-state index in [0.29, 0.717) is 17.4 Å². The molecule has 0 spiro atoms. The second-order valence-electron chi connectivity index (χ2n) is 6.09. The number of rotatable bonds is 3. The summed E-state index contributed by atoms with van der Waals surface area (Å²) < 4.78 is 0. The number of aliphatic hydroxyl groups excluding tert-OH is 1. The molecule has 0 heterocycles. The third kappa shape index (κ3) is 2.84. The lowest BCUT2D eigenvalue weighted by Gasteiger charge is -2.24. The predicted octanol–water partition coefficient (Wildman–Crippen LogP) is 3.74. The van der Waals surface area contributed by atoms with Crippen LogP contribution in [0.1, 0.15) is 42.6 Å². The summed E-state index contributed by atoms with van der Waals surface area (Å²) in [6.07, 6.45) is 0.652. The van der Waals surface area contributed by atoms with Crippen LogP contribution in [0, 0.1) is 31.6 Å². The number of carbonyl (C=O) groups is 1. The van der Waals surface area contributed by atoms with E-state index in [1.165, 1.54) is 0 Å². The highest BCUT2D eigenvalue weighted by atomic mass is 35.5. The van der Waals surface area contributed by atoms with E-state index in [4.69, 9.17) is 11.6 Å². The van der Waals surface area contributed by atoms with Crippen LogP contribution in [0.5, 0.6) is 0 Å². The number of aliphatic carboxylic acids is 1. The van der Waals surface area contributed by atoms with Gasteiger partial charge >= 0.3 is 5.97 Å². The highest BCUT2D eigenvalue weighted by Crippen LogP contribution is 2.44. The van der Waals surface area contributed by atoms with Gasteiger partial charge in [0.25, 0.3) is 0 Å². The molecule has 110 valence electrons. The second-order valence-corrected chi connectivity index (χ2v) is 6.50. The Bertz CT molecular complexity index is 527. The van der Waals surface area contributed by atoms with Gasteiger partial charge in [-0.3, -0.25) is 4.79 Å². The van der Waals surface area contributed by atoms with Gasteiger partial charge in [0.1, 0.15) is 0 Å². The number of aryl methyl sites for hydroxylation is 2. The molecule has 1 fully saturated rings. The van der Waals surface area contributed by atoms with E-state index in [2.05, 4.69) is 0 Å². The molecule has 0 amide bonds. The maximum Gasteiger partial charge on any atom is 0.306 e. The van der Waals surface area contributed by atoms with Crippen molar-refractivity contribution in [1.82, 2.24) is 0 Å². The van der Waals surface area contributed by atoms with Crippen LogP contribution in [-0.4, -0.2) is 16.2 Å². The zero-order valence-corrected chi connectivity index (χ0v) is 12.8. The molecule has 0 aliphatic heterocycles. The zero-order valence-electron chi connectivity index (χ0n) is 12.1. The Hall–Kier alpha value is -1.06. The van der Waals surface area contributed by atoms with E-state index in [-0.39, 0.29) is 5.92 Å². The van der Waals surface area contributed by atoms with Crippen molar-refractivity contribution < 1.29 is 15.0 Å². The van der Waals surface area contributed by atoms with Crippen LogP contribution in [0.4, 0.5) is 0 Å². The quantitative estimate of drug-likeness (QED) is 0.893. The lowest BCUT2D eigenvalue weighted by atomic mass is 9.85. The van der Waals surface area contributed by atoms with Gasteiger partial charge < -0.3 is 10.2 Å². The van der Waals surface area contributed by atoms with E-state index >= 15 is 0 Å². The average molecular weight is 297 g/mol. The minimum atomic E-state index is -0.804. The van der Waals surface area contributed by atoms with Gasteiger partial charge in [-0.05, 0) is 55.4 Å². The molecule has 0 saturated heterocycles. The van der Waals surface area contributed by atoms with Crippen molar-refractivity contribution >= 4 is 17.6 Å². The fourth-order valence-corrected chi connectivity index (χ4v) is 3.54. The van der Waals surface area contributed by atoms with Crippen molar-refractivity contribution in [2.24, 2.45) is 17.8 Å². The summed E-state index contributed by atoms with van der Waals surface area (Å²) in [6, 6.07) is 3.72. The monoisotopic (exact) mass is 296 g/mol. The molecule has 2 N–H and O–H groups in total. The number of aliphatic hydroxyl groups is 1. The van der Waals surface area contributed by atoms with Gasteiger partial charge in [-0.2, -0.15) is 0 Å². The fraction of sp³-hybridized carbons (Fsp3) is 0.562. The number of carboxylic acids is 1. The van der Waals surface area contributed by atoms with Crippen LogP contribution in [0.3, 0.4) is 0 Å². The van der Waals surface area contributed by atoms with Crippen molar-refractivity contribution in [3.8, 4) is 0 Å². The summed E-state index contributed by atoms with van der Waals surface area (Å²) in [5, 5.41) is 20.7. The zero-order chi connectivity index (χ0) is 15.0. The van der Waals surface area contributed by atoms with Crippen LogP contribution >= 0.6 is 11.6 Å². The van der Waals surface area contributed by atoms with E-state index < -0.39 is 18.0 Å². The molecule has 1 aromatic carbocycles. The summed E-state index contributed by atoms with van der Waals surface area (Å²) in [5.41, 5.74) is 2.62. The van der Waals surface area contributed by atoms with Crippen LogP contribution in [0.2, 0.25) is 5.02 Å². The van der Waals surface area contributed by atoms with Crippen molar-refractivity contribution in [3.05, 3.63) is 33.8 Å². The van der Waals surface area contributed by atoms with E-state index in [1.807, 2.05) is 32.9 Å². The summed E-state index contributed by atoms with van der Waals surface area (Å²) in [5.74, 6) is -1.15. The lowest BCUT2D eigenvalue weighted by molar-refractivity contribution is -0.144. The van der Waals surface area contributed by atoms with Crippen molar-refractivity contribution in [2.45, 2.75) is 39.7 Å². The Morgan fingerprint density at radius 1 is 1.30 bits per heavy atom. The number of hydrogen-bond donors (Lipinski definition) is 2. The summed E-state index contributed by atoms with van der Waals surface area (Å²) in [7, 11) is 0. The van der Waals surface area contributed by atoms with E-state index in [0.717, 1.165) is 23.1 Å². The Labute approximate surface area is 124 Å². The highest BCUT2D eigenvalue weighted by molar-refractivity contribution is 6.31. The third-order valence-electron chi connectivity index (χ3n) is 4.44. The average Bonchev–Trinajstić information content (AvgIpc) is 2.75. The van der Waals surface area contributed by atoms with Gasteiger partial charge in [-0.15, -0.1) is 0 Å². The Morgan fingerprint density at radius 2 is 1.95 bits per heavy atom. The molecule has 2 rings (SSSR count). The van der Waals surface area contributed by atoms with Gasteiger partial charge in [0, 0.05) is 10.9 Å². The summed E-state index contributed by atoms with van der Waals surface area (Å²) >= 11 is 6.08. The molecule has 1 aliphatic carbocycles. The topological polar surface area (TPSA) is 57.5 Å². The molecule has 0 bridgehead atoms. The normalized spacial score (nSPS) is 27.6. The Balaban J connectivity index is 2.33. The first kappa shape index (κ1) is 15.3.